The van der Waals surface area contributed by atoms with Crippen LogP contribution in [0.3, 0.4) is 0 Å². The van der Waals surface area contributed by atoms with Gasteiger partial charge in [0.05, 0.1) is 0 Å². The van der Waals surface area contributed by atoms with E-state index in [1.807, 2.05) is 23.5 Å². The van der Waals surface area contributed by atoms with Crippen molar-refractivity contribution < 1.29 is 9.90 Å². The Labute approximate surface area is 227 Å². The first-order valence-corrected chi connectivity index (χ1v) is 17.2. The van der Waals surface area contributed by atoms with Crippen molar-refractivity contribution in [2.24, 2.45) is 0 Å². The van der Waals surface area contributed by atoms with Gasteiger partial charge in [-0.25, -0.2) is 4.79 Å². The van der Waals surface area contributed by atoms with Gasteiger partial charge in [0.1, 0.15) is 0 Å². The fourth-order valence-electron chi connectivity index (χ4n) is 6.59. The standard InChI is InChI=1S/C31H58O2S2/c1-4-6-8-10-12-16-22-30(24-18-14-19-25-30)34-29(3,28(32)33)35-31(26-20-15-21-27-31)23-17-13-11-9-7-5-2/h4-27H2,1-3H3,(H,32,33). The molecule has 35 heavy (non-hydrogen) atoms. The van der Waals surface area contributed by atoms with E-state index in [2.05, 4.69) is 20.8 Å². The van der Waals surface area contributed by atoms with Crippen LogP contribution in [-0.2, 0) is 4.79 Å². The lowest BCUT2D eigenvalue weighted by Crippen LogP contribution is -2.43. The first-order chi connectivity index (χ1) is 16.9. The van der Waals surface area contributed by atoms with E-state index in [1.54, 1.807) is 0 Å². The lowest BCUT2D eigenvalue weighted by molar-refractivity contribution is -0.137. The van der Waals surface area contributed by atoms with Gasteiger partial charge in [0.2, 0.25) is 0 Å². The molecule has 0 unspecified atom stereocenters. The summed E-state index contributed by atoms with van der Waals surface area (Å²) in [5, 5.41) is 10.6. The maximum atomic E-state index is 12.9. The maximum absolute atomic E-state index is 12.9. The molecule has 0 aromatic carbocycles. The van der Waals surface area contributed by atoms with Crippen molar-refractivity contribution in [1.29, 1.82) is 0 Å². The molecule has 0 heterocycles. The molecule has 2 rings (SSSR count). The summed E-state index contributed by atoms with van der Waals surface area (Å²) >= 11 is 3.80. The second-order valence-electron chi connectivity index (χ2n) is 12.0. The van der Waals surface area contributed by atoms with Crippen molar-refractivity contribution >= 4 is 29.5 Å². The second-order valence-corrected chi connectivity index (χ2v) is 16.0. The van der Waals surface area contributed by atoms with E-state index in [1.165, 1.54) is 154 Å². The lowest BCUT2D eigenvalue weighted by Gasteiger charge is -2.46. The number of thioether (sulfide) groups is 2. The van der Waals surface area contributed by atoms with E-state index in [0.717, 1.165) is 0 Å². The molecule has 2 saturated carbocycles. The Morgan fingerprint density at radius 3 is 1.31 bits per heavy atom. The van der Waals surface area contributed by atoms with Gasteiger partial charge in [-0.05, 0) is 45.4 Å². The minimum absolute atomic E-state index is 0.180. The summed E-state index contributed by atoms with van der Waals surface area (Å²) in [7, 11) is 0. The first kappa shape index (κ1) is 31.4. The first-order valence-electron chi connectivity index (χ1n) is 15.5. The van der Waals surface area contributed by atoms with Crippen molar-refractivity contribution in [3.63, 3.8) is 0 Å². The SMILES string of the molecule is CCCCCCCCC1(SC(C)(SC2(CCCCCCCC)CCCCC2)C(=O)O)CCCCC1. The Hall–Kier alpha value is 0.170. The van der Waals surface area contributed by atoms with Gasteiger partial charge >= 0.3 is 5.97 Å². The van der Waals surface area contributed by atoms with Crippen LogP contribution in [0, 0.1) is 0 Å². The number of rotatable bonds is 19. The molecule has 206 valence electrons. The largest absolute Gasteiger partial charge is 0.480 e. The van der Waals surface area contributed by atoms with Crippen molar-refractivity contribution in [1.82, 2.24) is 0 Å². The van der Waals surface area contributed by atoms with Crippen LogP contribution in [0.4, 0.5) is 0 Å². The number of carbonyl (C=O) groups is 1. The predicted molar refractivity (Wildman–Crippen MR) is 159 cm³/mol. The molecule has 0 saturated heterocycles. The molecule has 2 nitrogen and oxygen atoms in total. The second kappa shape index (κ2) is 16.9. The zero-order valence-corrected chi connectivity index (χ0v) is 25.3. The number of carboxylic acids is 1. The van der Waals surface area contributed by atoms with Gasteiger partial charge in [-0.1, -0.05) is 129 Å². The highest BCUT2D eigenvalue weighted by Gasteiger charge is 2.49. The van der Waals surface area contributed by atoms with Gasteiger partial charge in [-0.2, -0.15) is 0 Å². The van der Waals surface area contributed by atoms with Gasteiger partial charge in [-0.3, -0.25) is 0 Å². The average molecular weight is 527 g/mol. The van der Waals surface area contributed by atoms with Crippen molar-refractivity contribution in [2.45, 2.75) is 188 Å². The van der Waals surface area contributed by atoms with Crippen LogP contribution in [0.2, 0.25) is 0 Å². The lowest BCUT2D eigenvalue weighted by atomic mass is 9.84. The van der Waals surface area contributed by atoms with Crippen molar-refractivity contribution in [3.05, 3.63) is 0 Å². The molecule has 0 radical (unpaired) electrons. The van der Waals surface area contributed by atoms with E-state index in [0.29, 0.717) is 0 Å². The third-order valence-corrected chi connectivity index (χ3v) is 12.4. The predicted octanol–water partition coefficient (Wildman–Crippen LogP) is 11.2. The Morgan fingerprint density at radius 2 is 0.971 bits per heavy atom. The van der Waals surface area contributed by atoms with E-state index >= 15 is 0 Å². The van der Waals surface area contributed by atoms with Crippen molar-refractivity contribution in [3.8, 4) is 0 Å². The Kier molecular flexibility index (Phi) is 15.2. The normalized spacial score (nSPS) is 20.1. The topological polar surface area (TPSA) is 37.3 Å². The van der Waals surface area contributed by atoms with Crippen LogP contribution in [0.1, 0.15) is 175 Å². The fourth-order valence-corrected chi connectivity index (χ4v) is 11.1. The van der Waals surface area contributed by atoms with E-state index in [4.69, 9.17) is 0 Å². The molecule has 0 aromatic heterocycles. The van der Waals surface area contributed by atoms with Crippen molar-refractivity contribution in [2.75, 3.05) is 0 Å². The fraction of sp³-hybridized carbons (Fsp3) is 0.968. The van der Waals surface area contributed by atoms with Gasteiger partial charge in [-0.15, -0.1) is 23.5 Å². The Balaban J connectivity index is 2.05. The summed E-state index contributed by atoms with van der Waals surface area (Å²) < 4.78 is -0.364. The highest BCUT2D eigenvalue weighted by molar-refractivity contribution is 8.20. The number of hydrogen-bond donors (Lipinski definition) is 1. The molecule has 0 amide bonds. The summed E-state index contributed by atoms with van der Waals surface area (Å²) in [5.74, 6) is -0.576. The molecule has 0 aliphatic heterocycles. The molecule has 4 heteroatoms. The van der Waals surface area contributed by atoms with Gasteiger partial charge in [0.25, 0.3) is 0 Å². The van der Waals surface area contributed by atoms with Crippen LogP contribution in [0.25, 0.3) is 0 Å². The Morgan fingerprint density at radius 1 is 0.629 bits per heavy atom. The summed E-state index contributed by atoms with van der Waals surface area (Å²) in [6.07, 6.45) is 31.1. The van der Waals surface area contributed by atoms with Crippen LogP contribution >= 0.6 is 23.5 Å². The summed E-state index contributed by atoms with van der Waals surface area (Å²) in [4.78, 5) is 12.9. The zero-order chi connectivity index (χ0) is 25.5. The average Bonchev–Trinajstić information content (AvgIpc) is 2.84. The monoisotopic (exact) mass is 526 g/mol. The summed E-state index contributed by atoms with van der Waals surface area (Å²) in [6, 6.07) is 0. The molecule has 2 aliphatic carbocycles. The molecule has 0 spiro atoms. The van der Waals surface area contributed by atoms with Crippen LogP contribution in [0.5, 0.6) is 0 Å². The molecule has 1 N–H and O–H groups in total. The van der Waals surface area contributed by atoms with Crippen LogP contribution in [0.15, 0.2) is 0 Å². The molecule has 0 bridgehead atoms. The number of aliphatic carboxylic acids is 1. The van der Waals surface area contributed by atoms with Gasteiger partial charge in [0.15, 0.2) is 4.08 Å². The quantitative estimate of drug-likeness (QED) is 0.134. The van der Waals surface area contributed by atoms with E-state index in [9.17, 15) is 9.90 Å². The van der Waals surface area contributed by atoms with Crippen LogP contribution in [-0.4, -0.2) is 24.6 Å². The maximum Gasteiger partial charge on any atom is 0.329 e. The van der Waals surface area contributed by atoms with Crippen LogP contribution < -0.4 is 0 Å². The number of unbranched alkanes of at least 4 members (excludes halogenated alkanes) is 10. The molecular formula is C31H58O2S2. The van der Waals surface area contributed by atoms with E-state index in [-0.39, 0.29) is 9.49 Å². The number of carboxylic acid groups (broad SMARTS) is 1. The smallest absolute Gasteiger partial charge is 0.329 e. The Bertz CT molecular complexity index is 524. The summed E-state index contributed by atoms with van der Waals surface area (Å²) in [6.45, 7) is 6.65. The molecular weight excluding hydrogens is 468 g/mol. The highest BCUT2D eigenvalue weighted by atomic mass is 32.2. The van der Waals surface area contributed by atoms with Gasteiger partial charge in [0, 0.05) is 9.49 Å². The molecule has 0 atom stereocenters. The molecule has 0 aromatic rings. The van der Waals surface area contributed by atoms with Gasteiger partial charge < -0.3 is 5.11 Å². The van der Waals surface area contributed by atoms with E-state index < -0.39 is 10.0 Å². The minimum Gasteiger partial charge on any atom is -0.480 e. The summed E-state index contributed by atoms with van der Waals surface area (Å²) in [5.41, 5.74) is 0. The molecule has 2 aliphatic rings. The molecule has 2 fully saturated rings. The number of hydrogen-bond acceptors (Lipinski definition) is 3. The minimum atomic E-state index is -0.723. The highest BCUT2D eigenvalue weighted by Crippen LogP contribution is 2.58. The third kappa shape index (κ3) is 11.2. The zero-order valence-electron chi connectivity index (χ0n) is 23.6. The third-order valence-electron chi connectivity index (χ3n) is 8.71.